The van der Waals surface area contributed by atoms with Crippen LogP contribution in [0.15, 0.2) is 30.7 Å². The number of rotatable bonds is 7. The zero-order valence-electron chi connectivity index (χ0n) is 14.7. The van der Waals surface area contributed by atoms with Crippen molar-refractivity contribution in [3.05, 3.63) is 36.3 Å². The van der Waals surface area contributed by atoms with Gasteiger partial charge < -0.3 is 21.1 Å². The maximum Gasteiger partial charge on any atom is 0.254 e. The molecule has 0 bridgehead atoms. The van der Waals surface area contributed by atoms with E-state index in [-0.39, 0.29) is 5.56 Å². The van der Waals surface area contributed by atoms with Crippen LogP contribution >= 0.6 is 0 Å². The fourth-order valence-electron chi connectivity index (χ4n) is 2.67. The van der Waals surface area contributed by atoms with Gasteiger partial charge >= 0.3 is 0 Å². The van der Waals surface area contributed by atoms with E-state index in [0.29, 0.717) is 24.4 Å². The minimum Gasteiger partial charge on any atom is -0.381 e. The van der Waals surface area contributed by atoms with Gasteiger partial charge in [-0.2, -0.15) is 10.1 Å². The van der Waals surface area contributed by atoms with Gasteiger partial charge in [0.15, 0.2) is 0 Å². The summed E-state index contributed by atoms with van der Waals surface area (Å²) in [6.45, 7) is 7.69. The molecule has 1 aliphatic heterocycles. The number of carbonyl (C=O) groups excluding carboxylic acids is 1. The Morgan fingerprint density at radius 3 is 2.88 bits per heavy atom. The van der Waals surface area contributed by atoms with Gasteiger partial charge in [0.25, 0.3) is 5.91 Å². The number of amides is 1. The van der Waals surface area contributed by atoms with E-state index in [4.69, 9.17) is 10.5 Å². The van der Waals surface area contributed by atoms with Crippen molar-refractivity contribution in [2.45, 2.75) is 25.8 Å². The van der Waals surface area contributed by atoms with E-state index >= 15 is 0 Å². The molecule has 1 aliphatic rings. The fourth-order valence-corrected chi connectivity index (χ4v) is 2.67. The van der Waals surface area contributed by atoms with Gasteiger partial charge in [0.1, 0.15) is 5.82 Å². The Labute approximate surface area is 151 Å². The second kappa shape index (κ2) is 7.96. The minimum absolute atomic E-state index is 0.231. The van der Waals surface area contributed by atoms with E-state index in [1.165, 1.54) is 6.20 Å². The van der Waals surface area contributed by atoms with Crippen molar-refractivity contribution in [1.82, 2.24) is 19.7 Å². The van der Waals surface area contributed by atoms with E-state index in [9.17, 15) is 4.79 Å². The summed E-state index contributed by atoms with van der Waals surface area (Å²) in [5.74, 6) is 0.133. The lowest BCUT2D eigenvalue weighted by molar-refractivity contribution is 0.0662. The first-order valence-electron chi connectivity index (χ1n) is 8.47. The third-order valence-corrected chi connectivity index (χ3v) is 4.03. The molecule has 1 saturated heterocycles. The highest BCUT2D eigenvalue weighted by atomic mass is 16.5. The molecule has 0 saturated carbocycles. The molecule has 1 fully saturated rings. The summed E-state index contributed by atoms with van der Waals surface area (Å²) in [4.78, 5) is 20.1. The molecular weight excluding hydrogens is 334 g/mol. The Morgan fingerprint density at radius 1 is 1.42 bits per heavy atom. The monoisotopic (exact) mass is 357 g/mol. The van der Waals surface area contributed by atoms with Gasteiger partial charge in [0.2, 0.25) is 5.95 Å². The van der Waals surface area contributed by atoms with Crippen LogP contribution in [-0.2, 0) is 4.74 Å². The lowest BCUT2D eigenvalue weighted by Crippen LogP contribution is -2.19. The van der Waals surface area contributed by atoms with Crippen molar-refractivity contribution in [1.29, 1.82) is 0 Å². The highest BCUT2D eigenvalue weighted by Crippen LogP contribution is 2.23. The number of nitrogens with zero attached hydrogens (tertiary/aromatic N) is 4. The van der Waals surface area contributed by atoms with Crippen LogP contribution in [0, 0.1) is 0 Å². The van der Waals surface area contributed by atoms with Gasteiger partial charge in [-0.05, 0) is 19.8 Å². The van der Waals surface area contributed by atoms with Crippen molar-refractivity contribution in [3.63, 3.8) is 0 Å². The maximum absolute atomic E-state index is 11.6. The predicted molar refractivity (Wildman–Crippen MR) is 98.5 cm³/mol. The van der Waals surface area contributed by atoms with E-state index in [1.807, 2.05) is 17.8 Å². The Kier molecular flexibility index (Phi) is 5.47. The molecule has 0 atom stereocenters. The van der Waals surface area contributed by atoms with Crippen LogP contribution in [0.4, 0.5) is 17.5 Å². The second-order valence-corrected chi connectivity index (χ2v) is 6.31. The van der Waals surface area contributed by atoms with Crippen LogP contribution in [0.5, 0.6) is 0 Å². The molecule has 0 unspecified atom stereocenters. The van der Waals surface area contributed by atoms with E-state index < -0.39 is 5.91 Å². The largest absolute Gasteiger partial charge is 0.381 e. The molecular formula is C17H23N7O2. The number of hydrogen-bond acceptors (Lipinski definition) is 7. The van der Waals surface area contributed by atoms with Crippen LogP contribution in [-0.4, -0.2) is 45.4 Å². The quantitative estimate of drug-likeness (QED) is 0.647. The number of hydrogen-bond donors (Lipinski definition) is 3. The molecule has 1 amide bonds. The fraction of sp³-hybridized carbons (Fsp3) is 0.412. The summed E-state index contributed by atoms with van der Waals surface area (Å²) in [6.07, 6.45) is 6.94. The maximum atomic E-state index is 11.6. The lowest BCUT2D eigenvalue weighted by atomic mass is 10.1. The lowest BCUT2D eigenvalue weighted by Gasteiger charge is -2.22. The van der Waals surface area contributed by atoms with Crippen molar-refractivity contribution in [2.24, 2.45) is 5.73 Å². The summed E-state index contributed by atoms with van der Waals surface area (Å²) >= 11 is 0. The minimum atomic E-state index is -0.590. The summed E-state index contributed by atoms with van der Waals surface area (Å²) in [5.41, 5.74) is 7.30. The standard InChI is InChI=1S/C17H23N7O2/c1-11(2)7-19-16-14(15(18)25)9-20-17(23-16)22-12-8-21-24(10-12)13-3-5-26-6-4-13/h8-10,13H,1,3-7H2,2H3,(H2,18,25)(H2,19,20,22,23). The first-order valence-corrected chi connectivity index (χ1v) is 8.47. The number of ether oxygens (including phenoxy) is 1. The summed E-state index contributed by atoms with van der Waals surface area (Å²) < 4.78 is 7.31. The van der Waals surface area contributed by atoms with Gasteiger partial charge in [-0.25, -0.2) is 4.98 Å². The number of carbonyl (C=O) groups is 1. The van der Waals surface area contributed by atoms with Crippen LogP contribution in [0.1, 0.15) is 36.2 Å². The summed E-state index contributed by atoms with van der Waals surface area (Å²) in [6, 6.07) is 0.338. The molecule has 9 heteroatoms. The Hall–Kier alpha value is -2.94. The molecule has 26 heavy (non-hydrogen) atoms. The number of primary amides is 1. The van der Waals surface area contributed by atoms with Crippen LogP contribution in [0.2, 0.25) is 0 Å². The molecule has 2 aromatic rings. The first-order chi connectivity index (χ1) is 12.5. The van der Waals surface area contributed by atoms with Gasteiger partial charge in [-0.1, -0.05) is 12.2 Å². The summed E-state index contributed by atoms with van der Waals surface area (Å²) in [5, 5.41) is 10.6. The number of anilines is 3. The van der Waals surface area contributed by atoms with E-state index in [0.717, 1.165) is 37.3 Å². The zero-order chi connectivity index (χ0) is 18.5. The molecule has 3 heterocycles. The first kappa shape index (κ1) is 17.9. The van der Waals surface area contributed by atoms with Gasteiger partial charge in [0, 0.05) is 32.2 Å². The third kappa shape index (κ3) is 4.37. The highest BCUT2D eigenvalue weighted by molar-refractivity contribution is 5.97. The van der Waals surface area contributed by atoms with Crippen LogP contribution in [0.25, 0.3) is 0 Å². The van der Waals surface area contributed by atoms with E-state index in [1.54, 1.807) is 6.20 Å². The molecule has 0 radical (unpaired) electrons. The van der Waals surface area contributed by atoms with Crippen LogP contribution in [0.3, 0.4) is 0 Å². The van der Waals surface area contributed by atoms with Crippen LogP contribution < -0.4 is 16.4 Å². The van der Waals surface area contributed by atoms with Crippen molar-refractivity contribution < 1.29 is 9.53 Å². The second-order valence-electron chi connectivity index (χ2n) is 6.31. The molecule has 3 rings (SSSR count). The molecule has 0 aliphatic carbocycles. The van der Waals surface area contributed by atoms with Crippen molar-refractivity contribution >= 4 is 23.4 Å². The van der Waals surface area contributed by atoms with Gasteiger partial charge in [-0.3, -0.25) is 9.48 Å². The Bertz CT molecular complexity index is 796. The van der Waals surface area contributed by atoms with Gasteiger partial charge in [0.05, 0.1) is 23.5 Å². The average Bonchev–Trinajstić information content (AvgIpc) is 3.09. The Morgan fingerprint density at radius 2 is 2.19 bits per heavy atom. The van der Waals surface area contributed by atoms with Gasteiger partial charge in [-0.15, -0.1) is 0 Å². The topological polar surface area (TPSA) is 120 Å². The SMILES string of the molecule is C=C(C)CNc1nc(Nc2cnn(C3CCOCC3)c2)ncc1C(N)=O. The molecule has 2 aromatic heterocycles. The average molecular weight is 357 g/mol. The Balaban J connectivity index is 1.74. The van der Waals surface area contributed by atoms with Crippen molar-refractivity contribution in [3.8, 4) is 0 Å². The number of nitrogens with one attached hydrogen (secondary N) is 2. The molecule has 9 nitrogen and oxygen atoms in total. The number of nitrogens with two attached hydrogens (primary N) is 1. The normalized spacial score (nSPS) is 14.8. The highest BCUT2D eigenvalue weighted by Gasteiger charge is 2.17. The smallest absolute Gasteiger partial charge is 0.254 e. The summed E-state index contributed by atoms with van der Waals surface area (Å²) in [7, 11) is 0. The third-order valence-electron chi connectivity index (χ3n) is 4.03. The van der Waals surface area contributed by atoms with Crippen molar-refractivity contribution in [2.75, 3.05) is 30.4 Å². The molecule has 138 valence electrons. The molecule has 0 spiro atoms. The molecule has 4 N–H and O–H groups in total. The zero-order valence-corrected chi connectivity index (χ0v) is 14.7. The molecule has 0 aromatic carbocycles. The predicted octanol–water partition coefficient (Wildman–Crippen LogP) is 1.86. The number of aromatic nitrogens is 4. The van der Waals surface area contributed by atoms with E-state index in [2.05, 4.69) is 32.3 Å².